The van der Waals surface area contributed by atoms with Gasteiger partial charge in [0.25, 0.3) is 5.91 Å². The van der Waals surface area contributed by atoms with Crippen molar-refractivity contribution in [3.8, 4) is 0 Å². The summed E-state index contributed by atoms with van der Waals surface area (Å²) >= 11 is 1.23. The predicted molar refractivity (Wildman–Crippen MR) is 82.7 cm³/mol. The van der Waals surface area contributed by atoms with Crippen LogP contribution in [0.25, 0.3) is 6.08 Å². The van der Waals surface area contributed by atoms with E-state index < -0.39 is 5.97 Å². The number of aromatic nitrogens is 1. The third-order valence-electron chi connectivity index (χ3n) is 2.71. The van der Waals surface area contributed by atoms with Crippen molar-refractivity contribution >= 4 is 35.0 Å². The third kappa shape index (κ3) is 4.00. The molecule has 0 aliphatic carbocycles. The highest BCUT2D eigenvalue weighted by molar-refractivity contribution is 7.15. The Kier molecular flexibility index (Phi) is 4.49. The number of hydrogen-bond acceptors (Lipinski definition) is 4. The molecule has 0 unspecified atom stereocenters. The van der Waals surface area contributed by atoms with E-state index in [4.69, 9.17) is 5.11 Å². The second kappa shape index (κ2) is 6.32. The minimum absolute atomic E-state index is 0.233. The average molecular weight is 302 g/mol. The highest BCUT2D eigenvalue weighted by Gasteiger charge is 2.10. The van der Waals surface area contributed by atoms with Crippen LogP contribution >= 0.6 is 11.3 Å². The summed E-state index contributed by atoms with van der Waals surface area (Å²) in [6, 6.07) is 7.02. The SMILES string of the molecule is Cc1ccc(NC(=O)c2ccc(/C=C/C(=O)O)s2)c(C)n1. The van der Waals surface area contributed by atoms with Gasteiger partial charge in [0.05, 0.1) is 16.3 Å². The molecule has 5 nitrogen and oxygen atoms in total. The maximum Gasteiger partial charge on any atom is 0.328 e. The van der Waals surface area contributed by atoms with Crippen molar-refractivity contribution in [3.05, 3.63) is 51.5 Å². The molecule has 0 bridgehead atoms. The lowest BCUT2D eigenvalue weighted by molar-refractivity contribution is -0.131. The van der Waals surface area contributed by atoms with Crippen molar-refractivity contribution in [2.45, 2.75) is 13.8 Å². The summed E-state index contributed by atoms with van der Waals surface area (Å²) in [4.78, 5) is 28.1. The van der Waals surface area contributed by atoms with E-state index >= 15 is 0 Å². The molecule has 2 aromatic heterocycles. The molecule has 0 aromatic carbocycles. The Balaban J connectivity index is 2.12. The lowest BCUT2D eigenvalue weighted by Gasteiger charge is -2.07. The molecule has 0 saturated carbocycles. The zero-order chi connectivity index (χ0) is 15.4. The maximum absolute atomic E-state index is 12.1. The number of nitrogens with one attached hydrogen (secondary N) is 1. The van der Waals surface area contributed by atoms with Gasteiger partial charge in [0.15, 0.2) is 0 Å². The van der Waals surface area contributed by atoms with Crippen molar-refractivity contribution in [2.75, 3.05) is 5.32 Å². The molecule has 108 valence electrons. The summed E-state index contributed by atoms with van der Waals surface area (Å²) in [5, 5.41) is 11.4. The summed E-state index contributed by atoms with van der Waals surface area (Å²) in [6.07, 6.45) is 2.50. The van der Waals surface area contributed by atoms with Crippen LogP contribution in [0.1, 0.15) is 25.9 Å². The Hall–Kier alpha value is -2.47. The van der Waals surface area contributed by atoms with Gasteiger partial charge in [-0.05, 0) is 44.2 Å². The lowest BCUT2D eigenvalue weighted by atomic mass is 10.2. The number of aryl methyl sites for hydroxylation is 2. The monoisotopic (exact) mass is 302 g/mol. The van der Waals surface area contributed by atoms with Gasteiger partial charge in [-0.1, -0.05) is 0 Å². The average Bonchev–Trinajstić information content (AvgIpc) is 2.88. The first-order valence-electron chi connectivity index (χ1n) is 6.22. The Morgan fingerprint density at radius 2 is 2.00 bits per heavy atom. The molecule has 2 N–H and O–H groups in total. The zero-order valence-corrected chi connectivity index (χ0v) is 12.4. The number of thiophene rings is 1. The van der Waals surface area contributed by atoms with E-state index in [1.165, 1.54) is 17.4 Å². The van der Waals surface area contributed by atoms with E-state index in [-0.39, 0.29) is 5.91 Å². The molecule has 1 amide bonds. The normalized spacial score (nSPS) is 10.8. The van der Waals surface area contributed by atoms with E-state index in [0.717, 1.165) is 17.5 Å². The van der Waals surface area contributed by atoms with E-state index in [0.29, 0.717) is 15.4 Å². The highest BCUT2D eigenvalue weighted by atomic mass is 32.1. The fourth-order valence-corrected chi connectivity index (χ4v) is 2.53. The van der Waals surface area contributed by atoms with E-state index in [2.05, 4.69) is 10.3 Å². The van der Waals surface area contributed by atoms with Crippen LogP contribution in [0.2, 0.25) is 0 Å². The summed E-state index contributed by atoms with van der Waals surface area (Å²) in [7, 11) is 0. The zero-order valence-electron chi connectivity index (χ0n) is 11.6. The Morgan fingerprint density at radius 1 is 1.24 bits per heavy atom. The van der Waals surface area contributed by atoms with Gasteiger partial charge in [0.1, 0.15) is 0 Å². The molecule has 2 heterocycles. The van der Waals surface area contributed by atoms with Crippen molar-refractivity contribution in [3.63, 3.8) is 0 Å². The number of aliphatic carboxylic acids is 1. The number of carbonyl (C=O) groups excluding carboxylic acids is 1. The van der Waals surface area contributed by atoms with Crippen LogP contribution < -0.4 is 5.32 Å². The minimum atomic E-state index is -1.02. The van der Waals surface area contributed by atoms with Crippen LogP contribution in [0.3, 0.4) is 0 Å². The van der Waals surface area contributed by atoms with Gasteiger partial charge in [0.2, 0.25) is 0 Å². The first-order valence-corrected chi connectivity index (χ1v) is 7.04. The molecule has 6 heteroatoms. The van der Waals surface area contributed by atoms with Crippen molar-refractivity contribution in [2.24, 2.45) is 0 Å². The third-order valence-corrected chi connectivity index (χ3v) is 3.76. The van der Waals surface area contributed by atoms with Crippen LogP contribution in [-0.4, -0.2) is 22.0 Å². The predicted octanol–water partition coefficient (Wildman–Crippen LogP) is 3.11. The maximum atomic E-state index is 12.1. The van der Waals surface area contributed by atoms with E-state index in [1.54, 1.807) is 12.1 Å². The van der Waals surface area contributed by atoms with Crippen LogP contribution in [-0.2, 0) is 4.79 Å². The molecule has 0 saturated heterocycles. The Morgan fingerprint density at radius 3 is 2.67 bits per heavy atom. The number of nitrogens with zero attached hydrogens (tertiary/aromatic N) is 1. The molecule has 0 radical (unpaired) electrons. The molecule has 0 aliphatic heterocycles. The van der Waals surface area contributed by atoms with Crippen LogP contribution in [0, 0.1) is 13.8 Å². The molecular formula is C15H14N2O3S. The number of carbonyl (C=O) groups is 2. The molecule has 21 heavy (non-hydrogen) atoms. The second-order valence-electron chi connectivity index (χ2n) is 4.41. The van der Waals surface area contributed by atoms with Gasteiger partial charge < -0.3 is 10.4 Å². The fraction of sp³-hybridized carbons (Fsp3) is 0.133. The minimum Gasteiger partial charge on any atom is -0.478 e. The number of carboxylic acids is 1. The topological polar surface area (TPSA) is 79.3 Å². The number of pyridine rings is 1. The summed E-state index contributed by atoms with van der Waals surface area (Å²) in [5.74, 6) is -1.25. The number of hydrogen-bond donors (Lipinski definition) is 2. The van der Waals surface area contributed by atoms with Crippen molar-refractivity contribution < 1.29 is 14.7 Å². The van der Waals surface area contributed by atoms with Gasteiger partial charge >= 0.3 is 5.97 Å². The van der Waals surface area contributed by atoms with Gasteiger partial charge in [0, 0.05) is 16.6 Å². The quantitative estimate of drug-likeness (QED) is 0.850. The molecule has 2 aromatic rings. The van der Waals surface area contributed by atoms with Gasteiger partial charge in [-0.2, -0.15) is 0 Å². The van der Waals surface area contributed by atoms with Gasteiger partial charge in [-0.15, -0.1) is 11.3 Å². The number of carboxylic acid groups (broad SMARTS) is 1. The highest BCUT2D eigenvalue weighted by Crippen LogP contribution is 2.20. The van der Waals surface area contributed by atoms with Crippen molar-refractivity contribution in [1.82, 2.24) is 4.98 Å². The summed E-state index contributed by atoms with van der Waals surface area (Å²) in [5.41, 5.74) is 2.32. The fourth-order valence-electron chi connectivity index (χ4n) is 1.72. The first-order chi connectivity index (χ1) is 9.95. The summed E-state index contributed by atoms with van der Waals surface area (Å²) in [6.45, 7) is 3.72. The molecule has 2 rings (SSSR count). The first kappa shape index (κ1) is 14.9. The Bertz CT molecular complexity index is 719. The van der Waals surface area contributed by atoms with Gasteiger partial charge in [-0.3, -0.25) is 9.78 Å². The summed E-state index contributed by atoms with van der Waals surface area (Å²) < 4.78 is 0. The molecule has 0 spiro atoms. The second-order valence-corrected chi connectivity index (χ2v) is 5.53. The molecule has 0 atom stereocenters. The number of rotatable bonds is 4. The molecule has 0 aliphatic rings. The van der Waals surface area contributed by atoms with Crippen LogP contribution in [0.5, 0.6) is 0 Å². The largest absolute Gasteiger partial charge is 0.478 e. The van der Waals surface area contributed by atoms with Crippen molar-refractivity contribution in [1.29, 1.82) is 0 Å². The standard InChI is InChI=1S/C15H14N2O3S/c1-9-3-6-12(10(2)16-9)17-15(20)13-7-4-11(21-13)5-8-14(18)19/h3-8H,1-2H3,(H,17,20)(H,18,19)/b8-5+. The Labute approximate surface area is 126 Å². The molecule has 0 fully saturated rings. The number of anilines is 1. The van der Waals surface area contributed by atoms with E-state index in [1.807, 2.05) is 26.0 Å². The number of amides is 1. The van der Waals surface area contributed by atoms with Gasteiger partial charge in [-0.25, -0.2) is 4.79 Å². The molecular weight excluding hydrogens is 288 g/mol. The van der Waals surface area contributed by atoms with Crippen LogP contribution in [0.4, 0.5) is 5.69 Å². The van der Waals surface area contributed by atoms with Crippen LogP contribution in [0.15, 0.2) is 30.3 Å². The smallest absolute Gasteiger partial charge is 0.328 e. The lowest BCUT2D eigenvalue weighted by Crippen LogP contribution is -2.11. The van der Waals surface area contributed by atoms with E-state index in [9.17, 15) is 9.59 Å².